The first kappa shape index (κ1) is 14.2. The first-order chi connectivity index (χ1) is 7.98. The fourth-order valence-electron chi connectivity index (χ4n) is 1.91. The lowest BCUT2D eigenvalue weighted by Gasteiger charge is -2.26. The van der Waals surface area contributed by atoms with Gasteiger partial charge in [-0.05, 0) is 31.4 Å². The maximum absolute atomic E-state index is 10.2. The van der Waals surface area contributed by atoms with Gasteiger partial charge in [0.1, 0.15) is 0 Å². The molecule has 0 aliphatic carbocycles. The molecule has 0 aromatic heterocycles. The van der Waals surface area contributed by atoms with E-state index in [4.69, 9.17) is 4.74 Å². The number of aryl methyl sites for hydroxylation is 1. The molecule has 1 N–H and O–H groups in total. The van der Waals surface area contributed by atoms with E-state index in [1.165, 1.54) is 5.56 Å². The predicted octanol–water partition coefficient (Wildman–Crippen LogP) is 3.49. The quantitative estimate of drug-likeness (QED) is 0.819. The molecule has 0 bridgehead atoms. The zero-order valence-corrected chi connectivity index (χ0v) is 11.4. The summed E-state index contributed by atoms with van der Waals surface area (Å²) in [5.74, 6) is 0. The van der Waals surface area contributed by atoms with Gasteiger partial charge in [0.25, 0.3) is 0 Å². The molecule has 0 saturated carbocycles. The molecule has 1 aromatic carbocycles. The van der Waals surface area contributed by atoms with Crippen molar-refractivity contribution in [2.24, 2.45) is 0 Å². The second-order valence-electron chi connectivity index (χ2n) is 5.18. The smallest absolute Gasteiger partial charge is 0.0817 e. The van der Waals surface area contributed by atoms with Gasteiger partial charge in [0.2, 0.25) is 0 Å². The molecule has 1 atom stereocenters. The molecular weight excluding hydrogens is 212 g/mol. The van der Waals surface area contributed by atoms with E-state index in [0.29, 0.717) is 6.42 Å². The Morgan fingerprint density at radius 2 is 2.06 bits per heavy atom. The van der Waals surface area contributed by atoms with Crippen molar-refractivity contribution in [2.75, 3.05) is 7.11 Å². The van der Waals surface area contributed by atoms with Gasteiger partial charge in [-0.15, -0.1) is 0 Å². The summed E-state index contributed by atoms with van der Waals surface area (Å²) >= 11 is 0. The van der Waals surface area contributed by atoms with Crippen molar-refractivity contribution in [3.05, 3.63) is 35.4 Å². The van der Waals surface area contributed by atoms with Crippen molar-refractivity contribution in [1.29, 1.82) is 0 Å². The molecule has 2 heteroatoms. The van der Waals surface area contributed by atoms with Crippen LogP contribution in [0.1, 0.15) is 50.8 Å². The topological polar surface area (TPSA) is 29.5 Å². The van der Waals surface area contributed by atoms with E-state index in [2.05, 4.69) is 19.1 Å². The Labute approximate surface area is 105 Å². The number of ether oxygens (including phenoxy) is 1. The van der Waals surface area contributed by atoms with Crippen LogP contribution in [0.25, 0.3) is 0 Å². The monoisotopic (exact) mass is 236 g/mol. The second-order valence-corrected chi connectivity index (χ2v) is 5.18. The lowest BCUT2D eigenvalue weighted by atomic mass is 9.94. The van der Waals surface area contributed by atoms with Crippen LogP contribution in [0.2, 0.25) is 0 Å². The van der Waals surface area contributed by atoms with Crippen molar-refractivity contribution >= 4 is 0 Å². The molecular formula is C15H24O2. The Morgan fingerprint density at radius 3 is 2.65 bits per heavy atom. The van der Waals surface area contributed by atoms with Gasteiger partial charge in [-0.1, -0.05) is 37.6 Å². The highest BCUT2D eigenvalue weighted by atomic mass is 16.5. The third-order valence-electron chi connectivity index (χ3n) is 3.11. The molecule has 0 aliphatic rings. The normalized spacial score (nSPS) is 13.7. The summed E-state index contributed by atoms with van der Waals surface area (Å²) in [5, 5.41) is 10.2. The van der Waals surface area contributed by atoms with Crippen molar-refractivity contribution in [1.82, 2.24) is 0 Å². The predicted molar refractivity (Wildman–Crippen MR) is 71.1 cm³/mol. The minimum absolute atomic E-state index is 0.291. The molecule has 17 heavy (non-hydrogen) atoms. The molecule has 1 aromatic rings. The zero-order valence-electron chi connectivity index (χ0n) is 11.4. The van der Waals surface area contributed by atoms with Gasteiger partial charge >= 0.3 is 0 Å². The van der Waals surface area contributed by atoms with E-state index in [1.54, 1.807) is 7.11 Å². The third-order valence-corrected chi connectivity index (χ3v) is 3.11. The van der Waals surface area contributed by atoms with Gasteiger partial charge in [0.15, 0.2) is 0 Å². The molecule has 0 spiro atoms. The van der Waals surface area contributed by atoms with Crippen LogP contribution in [0.15, 0.2) is 24.3 Å². The maximum Gasteiger partial charge on any atom is 0.0817 e. The standard InChI is InChI=1S/C15H24O2/c1-5-7-12-8-6-9-13(10-12)14(16)11-15(2,3)17-4/h6,8-10,14,16H,5,7,11H2,1-4H3. The molecule has 96 valence electrons. The third kappa shape index (κ3) is 4.49. The first-order valence-electron chi connectivity index (χ1n) is 6.30. The van der Waals surface area contributed by atoms with Crippen LogP contribution in [-0.2, 0) is 11.2 Å². The Bertz CT molecular complexity index is 345. The fourth-order valence-corrected chi connectivity index (χ4v) is 1.91. The Morgan fingerprint density at radius 1 is 1.35 bits per heavy atom. The van der Waals surface area contributed by atoms with E-state index in [-0.39, 0.29) is 5.60 Å². The fraction of sp³-hybridized carbons (Fsp3) is 0.600. The van der Waals surface area contributed by atoms with Crippen molar-refractivity contribution in [3.8, 4) is 0 Å². The van der Waals surface area contributed by atoms with Crippen LogP contribution >= 0.6 is 0 Å². The second kappa shape index (κ2) is 6.18. The SMILES string of the molecule is CCCc1cccc(C(O)CC(C)(C)OC)c1. The maximum atomic E-state index is 10.2. The Hall–Kier alpha value is -0.860. The van der Waals surface area contributed by atoms with Gasteiger partial charge in [0, 0.05) is 13.5 Å². The summed E-state index contributed by atoms with van der Waals surface area (Å²) in [5.41, 5.74) is 1.99. The van der Waals surface area contributed by atoms with Gasteiger partial charge in [-0.25, -0.2) is 0 Å². The summed E-state index contributed by atoms with van der Waals surface area (Å²) < 4.78 is 5.35. The van der Waals surface area contributed by atoms with Crippen molar-refractivity contribution < 1.29 is 9.84 Å². The highest BCUT2D eigenvalue weighted by Crippen LogP contribution is 2.26. The van der Waals surface area contributed by atoms with Gasteiger partial charge < -0.3 is 9.84 Å². The molecule has 0 heterocycles. The summed E-state index contributed by atoms with van der Waals surface area (Å²) in [7, 11) is 1.68. The molecule has 0 amide bonds. The minimum atomic E-state index is -0.457. The van der Waals surface area contributed by atoms with E-state index >= 15 is 0 Å². The van der Waals surface area contributed by atoms with Crippen LogP contribution in [0, 0.1) is 0 Å². The number of methoxy groups -OCH3 is 1. The molecule has 0 radical (unpaired) electrons. The summed E-state index contributed by atoms with van der Waals surface area (Å²) in [6.07, 6.45) is 2.35. The number of aliphatic hydroxyl groups excluding tert-OH is 1. The average Bonchev–Trinajstić information content (AvgIpc) is 2.29. The number of benzene rings is 1. The Balaban J connectivity index is 2.74. The average molecular weight is 236 g/mol. The summed E-state index contributed by atoms with van der Waals surface area (Å²) in [6.45, 7) is 6.15. The molecule has 0 aliphatic heterocycles. The zero-order chi connectivity index (χ0) is 12.9. The summed E-state index contributed by atoms with van der Waals surface area (Å²) in [6, 6.07) is 8.21. The lowest BCUT2D eigenvalue weighted by Crippen LogP contribution is -2.25. The highest BCUT2D eigenvalue weighted by Gasteiger charge is 2.22. The number of hydrogen-bond donors (Lipinski definition) is 1. The lowest BCUT2D eigenvalue weighted by molar-refractivity contribution is -0.0201. The van der Waals surface area contributed by atoms with E-state index in [1.807, 2.05) is 26.0 Å². The number of rotatable bonds is 6. The first-order valence-corrected chi connectivity index (χ1v) is 6.30. The Kier molecular flexibility index (Phi) is 5.16. The van der Waals surface area contributed by atoms with Gasteiger partial charge in [-0.3, -0.25) is 0 Å². The number of hydrogen-bond acceptors (Lipinski definition) is 2. The van der Waals surface area contributed by atoms with Gasteiger partial charge in [0.05, 0.1) is 11.7 Å². The molecule has 1 rings (SSSR count). The van der Waals surface area contributed by atoms with Gasteiger partial charge in [-0.2, -0.15) is 0 Å². The van der Waals surface area contributed by atoms with Crippen LogP contribution in [0.4, 0.5) is 0 Å². The highest BCUT2D eigenvalue weighted by molar-refractivity contribution is 5.25. The molecule has 2 nitrogen and oxygen atoms in total. The number of aliphatic hydroxyl groups is 1. The largest absolute Gasteiger partial charge is 0.388 e. The molecule has 0 fully saturated rings. The van der Waals surface area contributed by atoms with Crippen LogP contribution in [0.3, 0.4) is 0 Å². The molecule has 0 saturated heterocycles. The van der Waals surface area contributed by atoms with E-state index in [9.17, 15) is 5.11 Å². The van der Waals surface area contributed by atoms with Crippen LogP contribution < -0.4 is 0 Å². The van der Waals surface area contributed by atoms with Crippen LogP contribution in [0.5, 0.6) is 0 Å². The van der Waals surface area contributed by atoms with Crippen molar-refractivity contribution in [2.45, 2.75) is 51.7 Å². The van der Waals surface area contributed by atoms with E-state index < -0.39 is 6.10 Å². The molecule has 1 unspecified atom stereocenters. The minimum Gasteiger partial charge on any atom is -0.388 e. The van der Waals surface area contributed by atoms with E-state index in [0.717, 1.165) is 18.4 Å². The summed E-state index contributed by atoms with van der Waals surface area (Å²) in [4.78, 5) is 0. The van der Waals surface area contributed by atoms with Crippen molar-refractivity contribution in [3.63, 3.8) is 0 Å². The van der Waals surface area contributed by atoms with Crippen LogP contribution in [-0.4, -0.2) is 17.8 Å².